The van der Waals surface area contributed by atoms with Crippen LogP contribution in [0.1, 0.15) is 29.3 Å². The Morgan fingerprint density at radius 3 is 2.81 bits per heavy atom. The number of ether oxygens (including phenoxy) is 1. The lowest BCUT2D eigenvalue weighted by molar-refractivity contribution is 0.340. The fourth-order valence-corrected chi connectivity index (χ4v) is 2.20. The van der Waals surface area contributed by atoms with Crippen molar-refractivity contribution in [1.29, 1.82) is 5.26 Å². The predicted octanol–water partition coefficient (Wildman–Crippen LogP) is 3.58. The number of anilines is 1. The lowest BCUT2D eigenvalue weighted by Crippen LogP contribution is -2.06. The summed E-state index contributed by atoms with van der Waals surface area (Å²) >= 11 is 0. The molecule has 0 bridgehead atoms. The van der Waals surface area contributed by atoms with Crippen LogP contribution in [-0.4, -0.2) is 11.6 Å². The highest BCUT2D eigenvalue weighted by Gasteiger charge is 2.08. The Morgan fingerprint density at radius 1 is 1.29 bits per heavy atom. The highest BCUT2D eigenvalue weighted by Crippen LogP contribution is 2.19. The normalized spacial score (nSPS) is 10.0. The Morgan fingerprint density at radius 2 is 2.10 bits per heavy atom. The molecule has 0 radical (unpaired) electrons. The van der Waals surface area contributed by atoms with Gasteiger partial charge in [-0.05, 0) is 50.1 Å². The molecule has 0 spiro atoms. The molecule has 1 heterocycles. The Labute approximate surface area is 125 Å². The van der Waals surface area contributed by atoms with Crippen molar-refractivity contribution in [2.24, 2.45) is 0 Å². The molecule has 1 aromatic heterocycles. The van der Waals surface area contributed by atoms with Crippen LogP contribution in [0, 0.1) is 25.2 Å². The highest BCUT2D eigenvalue weighted by molar-refractivity contribution is 5.56. The number of nitriles is 1. The molecule has 0 aliphatic heterocycles. The maximum Gasteiger partial charge on any atom is 0.144 e. The van der Waals surface area contributed by atoms with Crippen LogP contribution in [0.5, 0.6) is 5.75 Å². The second kappa shape index (κ2) is 6.76. The summed E-state index contributed by atoms with van der Waals surface area (Å²) in [7, 11) is 0. The van der Waals surface area contributed by atoms with Crippen LogP contribution in [0.25, 0.3) is 0 Å². The average molecular weight is 281 g/mol. The molecule has 0 amide bonds. The molecular formula is C17H19N3O. The van der Waals surface area contributed by atoms with Crippen LogP contribution in [0.2, 0.25) is 0 Å². The van der Waals surface area contributed by atoms with Gasteiger partial charge in [0.05, 0.1) is 12.2 Å². The van der Waals surface area contributed by atoms with Crippen LogP contribution in [-0.2, 0) is 6.54 Å². The largest absolute Gasteiger partial charge is 0.494 e. The quantitative estimate of drug-likeness (QED) is 0.910. The molecule has 1 N–H and O–H groups in total. The van der Waals surface area contributed by atoms with Gasteiger partial charge in [0.1, 0.15) is 17.6 Å². The first-order valence-corrected chi connectivity index (χ1v) is 6.98. The molecule has 0 unspecified atom stereocenters. The van der Waals surface area contributed by atoms with Gasteiger partial charge >= 0.3 is 0 Å². The van der Waals surface area contributed by atoms with Crippen molar-refractivity contribution < 1.29 is 4.74 Å². The van der Waals surface area contributed by atoms with Crippen molar-refractivity contribution in [1.82, 2.24) is 4.98 Å². The minimum Gasteiger partial charge on any atom is -0.494 e. The van der Waals surface area contributed by atoms with Gasteiger partial charge in [0.2, 0.25) is 0 Å². The van der Waals surface area contributed by atoms with Gasteiger partial charge in [0.15, 0.2) is 0 Å². The maximum atomic E-state index is 9.25. The van der Waals surface area contributed by atoms with Crippen molar-refractivity contribution in [2.45, 2.75) is 27.3 Å². The number of hydrogen-bond donors (Lipinski definition) is 1. The number of benzene rings is 1. The minimum absolute atomic E-state index is 0.599. The van der Waals surface area contributed by atoms with Gasteiger partial charge in [0, 0.05) is 12.2 Å². The number of pyridine rings is 1. The molecule has 0 saturated heterocycles. The molecule has 0 fully saturated rings. The first-order valence-electron chi connectivity index (χ1n) is 6.98. The van der Waals surface area contributed by atoms with Crippen molar-refractivity contribution in [3.63, 3.8) is 0 Å². The monoisotopic (exact) mass is 281 g/mol. The van der Waals surface area contributed by atoms with Gasteiger partial charge in [-0.25, -0.2) is 4.98 Å². The smallest absolute Gasteiger partial charge is 0.144 e. The van der Waals surface area contributed by atoms with E-state index in [4.69, 9.17) is 4.74 Å². The highest BCUT2D eigenvalue weighted by atomic mass is 16.5. The van der Waals surface area contributed by atoms with Crippen LogP contribution >= 0.6 is 0 Å². The van der Waals surface area contributed by atoms with E-state index in [9.17, 15) is 5.26 Å². The first-order chi connectivity index (χ1) is 10.1. The van der Waals surface area contributed by atoms with Crippen LogP contribution in [0.4, 0.5) is 5.82 Å². The van der Waals surface area contributed by atoms with E-state index in [2.05, 4.69) is 16.4 Å². The lowest BCUT2D eigenvalue weighted by Gasteiger charge is -2.11. The van der Waals surface area contributed by atoms with E-state index in [0.717, 1.165) is 22.6 Å². The zero-order valence-corrected chi connectivity index (χ0v) is 12.6. The lowest BCUT2D eigenvalue weighted by atomic mass is 10.1. The van der Waals surface area contributed by atoms with Gasteiger partial charge in [-0.2, -0.15) is 5.26 Å². The van der Waals surface area contributed by atoms with E-state index in [1.807, 2.05) is 51.1 Å². The van der Waals surface area contributed by atoms with E-state index in [0.29, 0.717) is 24.5 Å². The second-order valence-electron chi connectivity index (χ2n) is 4.85. The van der Waals surface area contributed by atoms with E-state index < -0.39 is 0 Å². The first kappa shape index (κ1) is 14.9. The minimum atomic E-state index is 0.599. The average Bonchev–Trinajstić information content (AvgIpc) is 2.45. The molecule has 4 nitrogen and oxygen atoms in total. The standard InChI is InChI=1S/C17H19N3O/c1-4-21-15-7-5-6-14(9-15)11-19-17-16(10-18)12(2)8-13(3)20-17/h5-9H,4,11H2,1-3H3,(H,19,20). The third kappa shape index (κ3) is 3.73. The van der Waals surface area contributed by atoms with Gasteiger partial charge in [-0.3, -0.25) is 0 Å². The SMILES string of the molecule is CCOc1cccc(CNc2nc(C)cc(C)c2C#N)c1. The van der Waals surface area contributed by atoms with Gasteiger partial charge in [-0.1, -0.05) is 12.1 Å². The zero-order chi connectivity index (χ0) is 15.2. The Balaban J connectivity index is 2.17. The predicted molar refractivity (Wildman–Crippen MR) is 83.4 cm³/mol. The van der Waals surface area contributed by atoms with Crippen molar-refractivity contribution in [3.05, 3.63) is 52.7 Å². The van der Waals surface area contributed by atoms with Gasteiger partial charge in [0.25, 0.3) is 0 Å². The molecule has 4 heteroatoms. The Bertz CT molecular complexity index is 674. The summed E-state index contributed by atoms with van der Waals surface area (Å²) in [6, 6.07) is 12.0. The van der Waals surface area contributed by atoms with Crippen molar-refractivity contribution in [2.75, 3.05) is 11.9 Å². The van der Waals surface area contributed by atoms with E-state index in [1.54, 1.807) is 0 Å². The molecule has 2 aromatic rings. The Hall–Kier alpha value is -2.54. The maximum absolute atomic E-state index is 9.25. The molecule has 2 rings (SSSR count). The summed E-state index contributed by atoms with van der Waals surface area (Å²) in [5.41, 5.74) is 3.53. The molecule has 21 heavy (non-hydrogen) atoms. The van der Waals surface area contributed by atoms with Crippen LogP contribution in [0.15, 0.2) is 30.3 Å². The second-order valence-corrected chi connectivity index (χ2v) is 4.85. The fourth-order valence-electron chi connectivity index (χ4n) is 2.20. The topological polar surface area (TPSA) is 57.9 Å². The fraction of sp³-hybridized carbons (Fsp3) is 0.294. The summed E-state index contributed by atoms with van der Waals surface area (Å²) in [4.78, 5) is 4.41. The van der Waals surface area contributed by atoms with E-state index in [-0.39, 0.29) is 0 Å². The third-order valence-electron chi connectivity index (χ3n) is 3.13. The molecule has 1 aromatic carbocycles. The molecule has 0 saturated carbocycles. The molecule has 0 atom stereocenters. The summed E-state index contributed by atoms with van der Waals surface area (Å²) in [6.45, 7) is 7.06. The number of aryl methyl sites for hydroxylation is 2. The van der Waals surface area contributed by atoms with Gasteiger partial charge < -0.3 is 10.1 Å². The number of rotatable bonds is 5. The summed E-state index contributed by atoms with van der Waals surface area (Å²) in [5.74, 6) is 1.49. The number of aromatic nitrogens is 1. The molecule has 0 aliphatic carbocycles. The van der Waals surface area contributed by atoms with Crippen molar-refractivity contribution in [3.8, 4) is 11.8 Å². The molecule has 0 aliphatic rings. The summed E-state index contributed by atoms with van der Waals surface area (Å²) < 4.78 is 5.49. The van der Waals surface area contributed by atoms with Crippen molar-refractivity contribution >= 4 is 5.82 Å². The van der Waals surface area contributed by atoms with Gasteiger partial charge in [-0.15, -0.1) is 0 Å². The van der Waals surface area contributed by atoms with E-state index in [1.165, 1.54) is 0 Å². The number of nitrogens with zero attached hydrogens (tertiary/aromatic N) is 2. The molecular weight excluding hydrogens is 262 g/mol. The Kier molecular flexibility index (Phi) is 4.78. The van der Waals surface area contributed by atoms with Crippen LogP contribution < -0.4 is 10.1 Å². The zero-order valence-electron chi connectivity index (χ0n) is 12.6. The third-order valence-corrected chi connectivity index (χ3v) is 3.13. The number of hydrogen-bond acceptors (Lipinski definition) is 4. The van der Waals surface area contributed by atoms with Crippen LogP contribution in [0.3, 0.4) is 0 Å². The molecule has 108 valence electrons. The van der Waals surface area contributed by atoms with E-state index >= 15 is 0 Å². The number of nitrogens with one attached hydrogen (secondary N) is 1. The summed E-state index contributed by atoms with van der Waals surface area (Å²) in [5, 5.41) is 12.5. The summed E-state index contributed by atoms with van der Waals surface area (Å²) in [6.07, 6.45) is 0.